The van der Waals surface area contributed by atoms with E-state index >= 15 is 0 Å². The SMILES string of the molecule is Cc1cccnc1C1CC1CN. The minimum atomic E-state index is 0.649. The summed E-state index contributed by atoms with van der Waals surface area (Å²) in [5.41, 5.74) is 8.15. The molecule has 1 aromatic heterocycles. The lowest BCUT2D eigenvalue weighted by atomic mass is 10.1. The highest BCUT2D eigenvalue weighted by molar-refractivity contribution is 5.26. The number of rotatable bonds is 2. The van der Waals surface area contributed by atoms with Gasteiger partial charge in [0.2, 0.25) is 0 Å². The molecule has 0 aromatic carbocycles. The van der Waals surface area contributed by atoms with Crippen LogP contribution < -0.4 is 5.73 Å². The first kappa shape index (κ1) is 7.74. The van der Waals surface area contributed by atoms with Gasteiger partial charge in [-0.2, -0.15) is 0 Å². The van der Waals surface area contributed by atoms with E-state index in [0.717, 1.165) is 6.54 Å². The zero-order valence-corrected chi connectivity index (χ0v) is 7.33. The first-order chi connectivity index (χ1) is 5.83. The van der Waals surface area contributed by atoms with E-state index in [1.54, 1.807) is 0 Å². The molecule has 1 aliphatic rings. The third-order valence-corrected chi connectivity index (χ3v) is 2.63. The lowest BCUT2D eigenvalue weighted by Gasteiger charge is -2.01. The van der Waals surface area contributed by atoms with Crippen LogP contribution in [0.25, 0.3) is 0 Å². The average molecular weight is 162 g/mol. The van der Waals surface area contributed by atoms with Crippen LogP contribution in [0.3, 0.4) is 0 Å². The van der Waals surface area contributed by atoms with E-state index in [0.29, 0.717) is 11.8 Å². The Morgan fingerprint density at radius 1 is 1.67 bits per heavy atom. The summed E-state index contributed by atoms with van der Waals surface area (Å²) in [6.07, 6.45) is 3.10. The highest BCUT2D eigenvalue weighted by Gasteiger charge is 2.38. The molecular weight excluding hydrogens is 148 g/mol. The molecular formula is C10H14N2. The van der Waals surface area contributed by atoms with E-state index < -0.39 is 0 Å². The molecule has 64 valence electrons. The maximum Gasteiger partial charge on any atom is 0.0466 e. The molecule has 2 N–H and O–H groups in total. The first-order valence-electron chi connectivity index (χ1n) is 4.44. The summed E-state index contributed by atoms with van der Waals surface area (Å²) < 4.78 is 0. The normalized spacial score (nSPS) is 27.2. The number of hydrogen-bond donors (Lipinski definition) is 1. The molecule has 1 saturated carbocycles. The van der Waals surface area contributed by atoms with Gasteiger partial charge in [0.25, 0.3) is 0 Å². The maximum absolute atomic E-state index is 5.58. The molecule has 12 heavy (non-hydrogen) atoms. The van der Waals surface area contributed by atoms with Crippen molar-refractivity contribution in [2.24, 2.45) is 11.7 Å². The predicted molar refractivity (Wildman–Crippen MR) is 48.9 cm³/mol. The van der Waals surface area contributed by atoms with Gasteiger partial charge in [0, 0.05) is 17.8 Å². The van der Waals surface area contributed by atoms with Crippen molar-refractivity contribution >= 4 is 0 Å². The monoisotopic (exact) mass is 162 g/mol. The van der Waals surface area contributed by atoms with Crippen LogP contribution >= 0.6 is 0 Å². The van der Waals surface area contributed by atoms with Gasteiger partial charge in [0.15, 0.2) is 0 Å². The van der Waals surface area contributed by atoms with Crippen molar-refractivity contribution in [2.75, 3.05) is 6.54 Å². The van der Waals surface area contributed by atoms with Gasteiger partial charge in [-0.3, -0.25) is 4.98 Å². The highest BCUT2D eigenvalue weighted by Crippen LogP contribution is 2.46. The fourth-order valence-electron chi connectivity index (χ4n) is 1.73. The van der Waals surface area contributed by atoms with E-state index in [9.17, 15) is 0 Å². The van der Waals surface area contributed by atoms with Crippen molar-refractivity contribution < 1.29 is 0 Å². The standard InChI is InChI=1S/C10H14N2/c1-7-3-2-4-12-10(7)9-5-8(9)6-11/h2-4,8-9H,5-6,11H2,1H3. The summed E-state index contributed by atoms with van der Waals surface area (Å²) in [5, 5.41) is 0. The number of aryl methyl sites for hydroxylation is 1. The van der Waals surface area contributed by atoms with Crippen LogP contribution in [0.2, 0.25) is 0 Å². The second-order valence-electron chi connectivity index (χ2n) is 3.54. The predicted octanol–water partition coefficient (Wildman–Crippen LogP) is 1.45. The van der Waals surface area contributed by atoms with E-state index in [1.807, 2.05) is 12.3 Å². The average Bonchev–Trinajstić information content (AvgIpc) is 2.84. The zero-order valence-electron chi connectivity index (χ0n) is 7.33. The number of nitrogens with zero attached hydrogens (tertiary/aromatic N) is 1. The molecule has 2 atom stereocenters. The Bertz CT molecular complexity index is 283. The lowest BCUT2D eigenvalue weighted by molar-refractivity contribution is 0.793. The van der Waals surface area contributed by atoms with Crippen LogP contribution in [0.1, 0.15) is 23.6 Å². The van der Waals surface area contributed by atoms with Gasteiger partial charge in [-0.15, -0.1) is 0 Å². The fourth-order valence-corrected chi connectivity index (χ4v) is 1.73. The van der Waals surface area contributed by atoms with Crippen molar-refractivity contribution in [3.63, 3.8) is 0 Å². The number of nitrogens with two attached hydrogens (primary N) is 1. The van der Waals surface area contributed by atoms with Crippen LogP contribution in [-0.2, 0) is 0 Å². The van der Waals surface area contributed by atoms with E-state index in [-0.39, 0.29) is 0 Å². The van der Waals surface area contributed by atoms with Crippen molar-refractivity contribution in [3.8, 4) is 0 Å². The summed E-state index contributed by atoms with van der Waals surface area (Å²) in [6, 6.07) is 4.10. The summed E-state index contributed by atoms with van der Waals surface area (Å²) in [7, 11) is 0. The molecule has 2 rings (SSSR count). The molecule has 0 spiro atoms. The quantitative estimate of drug-likeness (QED) is 0.715. The second kappa shape index (κ2) is 2.87. The largest absolute Gasteiger partial charge is 0.330 e. The molecule has 1 fully saturated rings. The Balaban J connectivity index is 2.19. The second-order valence-corrected chi connectivity index (χ2v) is 3.54. The third kappa shape index (κ3) is 1.23. The molecule has 0 amide bonds. The van der Waals surface area contributed by atoms with Crippen LogP contribution in [0.15, 0.2) is 18.3 Å². The molecule has 0 aliphatic heterocycles. The Labute approximate surface area is 72.8 Å². The van der Waals surface area contributed by atoms with Crippen LogP contribution in [0, 0.1) is 12.8 Å². The van der Waals surface area contributed by atoms with E-state index in [1.165, 1.54) is 17.7 Å². The zero-order chi connectivity index (χ0) is 8.55. The third-order valence-electron chi connectivity index (χ3n) is 2.63. The Morgan fingerprint density at radius 2 is 2.50 bits per heavy atom. The Morgan fingerprint density at radius 3 is 3.08 bits per heavy atom. The van der Waals surface area contributed by atoms with Gasteiger partial charge in [-0.05, 0) is 37.4 Å². The van der Waals surface area contributed by atoms with Gasteiger partial charge in [0.05, 0.1) is 0 Å². The molecule has 1 heterocycles. The molecule has 1 aromatic rings. The molecule has 2 heteroatoms. The smallest absolute Gasteiger partial charge is 0.0466 e. The highest BCUT2D eigenvalue weighted by atomic mass is 14.7. The van der Waals surface area contributed by atoms with Crippen molar-refractivity contribution in [2.45, 2.75) is 19.3 Å². The molecule has 0 saturated heterocycles. The lowest BCUT2D eigenvalue weighted by Crippen LogP contribution is -2.03. The Hall–Kier alpha value is -0.890. The Kier molecular flexibility index (Phi) is 1.85. The summed E-state index contributed by atoms with van der Waals surface area (Å²) in [6.45, 7) is 2.93. The van der Waals surface area contributed by atoms with Crippen molar-refractivity contribution in [3.05, 3.63) is 29.6 Å². The van der Waals surface area contributed by atoms with Gasteiger partial charge < -0.3 is 5.73 Å². The summed E-state index contributed by atoms with van der Waals surface area (Å²) >= 11 is 0. The van der Waals surface area contributed by atoms with Gasteiger partial charge >= 0.3 is 0 Å². The molecule has 2 nitrogen and oxygen atoms in total. The van der Waals surface area contributed by atoms with Gasteiger partial charge in [-0.1, -0.05) is 6.07 Å². The molecule has 2 unspecified atom stereocenters. The maximum atomic E-state index is 5.58. The summed E-state index contributed by atoms with van der Waals surface area (Å²) in [5.74, 6) is 1.34. The number of pyridine rings is 1. The summed E-state index contributed by atoms with van der Waals surface area (Å²) in [4.78, 5) is 4.38. The first-order valence-corrected chi connectivity index (χ1v) is 4.44. The van der Waals surface area contributed by atoms with Gasteiger partial charge in [-0.25, -0.2) is 0 Å². The fraction of sp³-hybridized carbons (Fsp3) is 0.500. The number of aromatic nitrogens is 1. The number of hydrogen-bond acceptors (Lipinski definition) is 2. The van der Waals surface area contributed by atoms with E-state index in [4.69, 9.17) is 5.73 Å². The van der Waals surface area contributed by atoms with Crippen molar-refractivity contribution in [1.82, 2.24) is 4.98 Å². The molecule has 0 bridgehead atoms. The van der Waals surface area contributed by atoms with E-state index in [2.05, 4.69) is 18.0 Å². The van der Waals surface area contributed by atoms with Crippen LogP contribution in [0.4, 0.5) is 0 Å². The molecule has 0 radical (unpaired) electrons. The van der Waals surface area contributed by atoms with Gasteiger partial charge in [0.1, 0.15) is 0 Å². The minimum Gasteiger partial charge on any atom is -0.330 e. The van der Waals surface area contributed by atoms with Crippen LogP contribution in [0.5, 0.6) is 0 Å². The van der Waals surface area contributed by atoms with Crippen LogP contribution in [-0.4, -0.2) is 11.5 Å². The molecule has 1 aliphatic carbocycles. The van der Waals surface area contributed by atoms with Crippen molar-refractivity contribution in [1.29, 1.82) is 0 Å². The topological polar surface area (TPSA) is 38.9 Å². The minimum absolute atomic E-state index is 0.649.